The quantitative estimate of drug-likeness (QED) is 0.807. The van der Waals surface area contributed by atoms with E-state index in [0.29, 0.717) is 18.8 Å². The van der Waals surface area contributed by atoms with Crippen molar-refractivity contribution in [3.63, 3.8) is 0 Å². The van der Waals surface area contributed by atoms with Crippen molar-refractivity contribution in [1.82, 2.24) is 24.8 Å². The Morgan fingerprint density at radius 3 is 2.70 bits per heavy atom. The van der Waals surface area contributed by atoms with E-state index >= 15 is 0 Å². The fraction of sp³-hybridized carbons (Fsp3) is 0.700. The Labute approximate surface area is 160 Å². The minimum absolute atomic E-state index is 0.242. The summed E-state index contributed by atoms with van der Waals surface area (Å²) in [6.07, 6.45) is 5.09. The normalized spacial score (nSPS) is 21.6. The molecular weight excluding hydrogens is 342 g/mol. The molecular formula is C20H29N5O2. The average Bonchev–Trinajstić information content (AvgIpc) is 3.22. The van der Waals surface area contributed by atoms with Gasteiger partial charge in [-0.15, -0.1) is 10.2 Å². The highest BCUT2D eigenvalue weighted by Crippen LogP contribution is 2.32. The first-order valence-corrected chi connectivity index (χ1v) is 10.1. The molecule has 2 aromatic heterocycles. The smallest absolute Gasteiger partial charge is 0.223 e. The SMILES string of the molecule is Cc1noc(C)c1CCC(=O)N1C2CCC1Cn1c(CC(C)C)nnc1C2. The second kappa shape index (κ2) is 7.09. The Balaban J connectivity index is 1.49. The molecule has 2 aromatic rings. The van der Waals surface area contributed by atoms with Crippen LogP contribution in [0.2, 0.25) is 0 Å². The molecule has 2 unspecified atom stereocenters. The molecule has 0 saturated carbocycles. The van der Waals surface area contributed by atoms with Crippen molar-refractivity contribution in [1.29, 1.82) is 0 Å². The van der Waals surface area contributed by atoms with E-state index in [-0.39, 0.29) is 18.0 Å². The van der Waals surface area contributed by atoms with Gasteiger partial charge < -0.3 is 14.0 Å². The van der Waals surface area contributed by atoms with Gasteiger partial charge in [-0.2, -0.15) is 0 Å². The predicted molar refractivity (Wildman–Crippen MR) is 100 cm³/mol. The second-order valence-corrected chi connectivity index (χ2v) is 8.43. The molecule has 7 heteroatoms. The molecule has 2 bridgehead atoms. The lowest BCUT2D eigenvalue weighted by Gasteiger charge is -2.28. The number of hydrogen-bond acceptors (Lipinski definition) is 5. The van der Waals surface area contributed by atoms with Gasteiger partial charge in [0.2, 0.25) is 5.91 Å². The number of rotatable bonds is 5. The lowest BCUT2D eigenvalue weighted by atomic mass is 10.1. The number of nitrogens with zero attached hydrogens (tertiary/aromatic N) is 5. The maximum atomic E-state index is 13.1. The van der Waals surface area contributed by atoms with Crippen LogP contribution in [-0.4, -0.2) is 42.8 Å². The van der Waals surface area contributed by atoms with Gasteiger partial charge in [-0.25, -0.2) is 0 Å². The standard InChI is InChI=1S/C20H29N5O2/c1-12(2)9-18-21-22-19-10-15-5-6-16(11-24(18)19)25(15)20(26)8-7-17-13(3)23-27-14(17)4/h12,15-16H,5-11H2,1-4H3. The van der Waals surface area contributed by atoms with Crippen LogP contribution in [0.15, 0.2) is 4.52 Å². The van der Waals surface area contributed by atoms with Crippen LogP contribution in [0.25, 0.3) is 0 Å². The maximum absolute atomic E-state index is 13.1. The summed E-state index contributed by atoms with van der Waals surface area (Å²) in [5, 5.41) is 12.9. The minimum atomic E-state index is 0.242. The first-order valence-electron chi connectivity index (χ1n) is 10.1. The van der Waals surface area contributed by atoms with Crippen LogP contribution in [0, 0.1) is 19.8 Å². The number of hydrogen-bond donors (Lipinski definition) is 0. The highest BCUT2D eigenvalue weighted by Gasteiger charge is 2.40. The van der Waals surface area contributed by atoms with Crippen molar-refractivity contribution in [2.24, 2.45) is 5.92 Å². The lowest BCUT2D eigenvalue weighted by Crippen LogP contribution is -2.42. The maximum Gasteiger partial charge on any atom is 0.223 e. The highest BCUT2D eigenvalue weighted by molar-refractivity contribution is 5.77. The number of aromatic nitrogens is 4. The molecule has 1 fully saturated rings. The molecule has 146 valence electrons. The molecule has 27 heavy (non-hydrogen) atoms. The molecule has 7 nitrogen and oxygen atoms in total. The first-order chi connectivity index (χ1) is 12.9. The third-order valence-electron chi connectivity index (χ3n) is 5.98. The van der Waals surface area contributed by atoms with Gasteiger partial charge in [0.15, 0.2) is 0 Å². The summed E-state index contributed by atoms with van der Waals surface area (Å²) in [6.45, 7) is 9.09. The zero-order valence-corrected chi connectivity index (χ0v) is 16.7. The average molecular weight is 371 g/mol. The Bertz CT molecular complexity index is 818. The van der Waals surface area contributed by atoms with Gasteiger partial charge in [-0.3, -0.25) is 4.79 Å². The van der Waals surface area contributed by atoms with Gasteiger partial charge in [-0.1, -0.05) is 19.0 Å². The van der Waals surface area contributed by atoms with Gasteiger partial charge in [0.05, 0.1) is 11.7 Å². The molecule has 0 spiro atoms. The van der Waals surface area contributed by atoms with Gasteiger partial charge in [0, 0.05) is 37.4 Å². The first kappa shape index (κ1) is 18.2. The largest absolute Gasteiger partial charge is 0.361 e. The van der Waals surface area contributed by atoms with Gasteiger partial charge in [0.25, 0.3) is 0 Å². The van der Waals surface area contributed by atoms with E-state index in [4.69, 9.17) is 4.52 Å². The summed E-state index contributed by atoms with van der Waals surface area (Å²) in [5.41, 5.74) is 1.96. The molecule has 0 N–H and O–H groups in total. The van der Waals surface area contributed by atoms with E-state index < -0.39 is 0 Å². The van der Waals surface area contributed by atoms with Gasteiger partial charge in [0.1, 0.15) is 17.4 Å². The summed E-state index contributed by atoms with van der Waals surface area (Å²) in [4.78, 5) is 15.2. The molecule has 1 amide bonds. The number of aryl methyl sites for hydroxylation is 2. The van der Waals surface area contributed by atoms with E-state index in [0.717, 1.165) is 60.9 Å². The minimum Gasteiger partial charge on any atom is -0.361 e. The van der Waals surface area contributed by atoms with E-state index in [1.54, 1.807) is 0 Å². The summed E-state index contributed by atoms with van der Waals surface area (Å²) in [6, 6.07) is 0.514. The Morgan fingerprint density at radius 1 is 1.22 bits per heavy atom. The van der Waals surface area contributed by atoms with E-state index in [9.17, 15) is 4.79 Å². The summed E-state index contributed by atoms with van der Waals surface area (Å²) in [5.74, 6) is 3.72. The summed E-state index contributed by atoms with van der Waals surface area (Å²) >= 11 is 0. The molecule has 0 aromatic carbocycles. The van der Waals surface area contributed by atoms with Crippen molar-refractivity contribution in [3.8, 4) is 0 Å². The highest BCUT2D eigenvalue weighted by atomic mass is 16.5. The fourth-order valence-corrected chi connectivity index (χ4v) is 4.64. The van der Waals surface area contributed by atoms with Crippen molar-refractivity contribution < 1.29 is 9.32 Å². The van der Waals surface area contributed by atoms with E-state index in [1.807, 2.05) is 13.8 Å². The predicted octanol–water partition coefficient (Wildman–Crippen LogP) is 2.63. The topological polar surface area (TPSA) is 77.0 Å². The zero-order valence-electron chi connectivity index (χ0n) is 16.7. The molecule has 4 heterocycles. The molecule has 2 aliphatic rings. The van der Waals surface area contributed by atoms with Crippen molar-refractivity contribution in [3.05, 3.63) is 28.7 Å². The Morgan fingerprint density at radius 2 is 2.00 bits per heavy atom. The van der Waals surface area contributed by atoms with Crippen LogP contribution in [0.5, 0.6) is 0 Å². The van der Waals surface area contributed by atoms with Crippen LogP contribution >= 0.6 is 0 Å². The zero-order chi connectivity index (χ0) is 19.1. The third kappa shape index (κ3) is 3.39. The molecule has 0 radical (unpaired) electrons. The monoisotopic (exact) mass is 371 g/mol. The number of amides is 1. The Hall–Kier alpha value is -2.18. The molecule has 2 aliphatic heterocycles. The summed E-state index contributed by atoms with van der Waals surface area (Å²) in [7, 11) is 0. The van der Waals surface area contributed by atoms with Crippen LogP contribution in [0.1, 0.15) is 61.8 Å². The Kier molecular flexibility index (Phi) is 4.78. The molecule has 2 atom stereocenters. The van der Waals surface area contributed by atoms with Crippen LogP contribution in [0.3, 0.4) is 0 Å². The fourth-order valence-electron chi connectivity index (χ4n) is 4.64. The van der Waals surface area contributed by atoms with E-state index in [1.165, 1.54) is 0 Å². The number of carbonyl (C=O) groups is 1. The molecule has 4 rings (SSSR count). The van der Waals surface area contributed by atoms with Gasteiger partial charge >= 0.3 is 0 Å². The van der Waals surface area contributed by atoms with Crippen LogP contribution in [0.4, 0.5) is 0 Å². The lowest BCUT2D eigenvalue weighted by molar-refractivity contribution is -0.134. The third-order valence-corrected chi connectivity index (χ3v) is 5.98. The van der Waals surface area contributed by atoms with Crippen LogP contribution in [-0.2, 0) is 30.6 Å². The number of fused-ring (bicyclic) bond motifs is 3. The molecule has 0 aliphatic carbocycles. The van der Waals surface area contributed by atoms with Crippen molar-refractivity contribution >= 4 is 5.91 Å². The number of carbonyl (C=O) groups excluding carboxylic acids is 1. The van der Waals surface area contributed by atoms with Crippen LogP contribution < -0.4 is 0 Å². The van der Waals surface area contributed by atoms with E-state index in [2.05, 4.69) is 38.7 Å². The summed E-state index contributed by atoms with van der Waals surface area (Å²) < 4.78 is 7.51. The molecule has 1 saturated heterocycles. The van der Waals surface area contributed by atoms with Gasteiger partial charge in [-0.05, 0) is 39.0 Å². The van der Waals surface area contributed by atoms with Crippen molar-refractivity contribution in [2.45, 2.75) is 84.8 Å². The second-order valence-electron chi connectivity index (χ2n) is 8.43. The van der Waals surface area contributed by atoms with Crippen molar-refractivity contribution in [2.75, 3.05) is 0 Å².